The predicted molar refractivity (Wildman–Crippen MR) is 274 cm³/mol. The summed E-state index contributed by atoms with van der Waals surface area (Å²) < 4.78 is 17.5. The van der Waals surface area contributed by atoms with Crippen molar-refractivity contribution >= 4 is 102 Å². The van der Waals surface area contributed by atoms with Crippen LogP contribution in [0.25, 0.3) is 0 Å². The van der Waals surface area contributed by atoms with Gasteiger partial charge in [-0.3, -0.25) is 0 Å². The van der Waals surface area contributed by atoms with Crippen LogP contribution in [0.4, 0.5) is 22.7 Å². The second kappa shape index (κ2) is 18.2. The van der Waals surface area contributed by atoms with Crippen LogP contribution in [0.2, 0.25) is 78.6 Å². The summed E-state index contributed by atoms with van der Waals surface area (Å²) in [5, 5.41) is 0. The van der Waals surface area contributed by atoms with Gasteiger partial charge in [0.1, 0.15) is 32.9 Å². The molecule has 4 rings (SSSR count). The number of benzene rings is 2. The fourth-order valence-corrected chi connectivity index (χ4v) is 43.0. The average molecular weight is 1080 g/mol. The van der Waals surface area contributed by atoms with Gasteiger partial charge in [0.15, 0.2) is 0 Å². The Morgan fingerprint density at radius 3 is 0.649 bits per heavy atom. The van der Waals surface area contributed by atoms with E-state index in [0.717, 1.165) is 26.2 Å². The number of hydrogen-bond acceptors (Lipinski definition) is 6. The first-order valence-corrected chi connectivity index (χ1v) is 37.9. The molecule has 0 fully saturated rings. The van der Waals surface area contributed by atoms with E-state index in [1.807, 2.05) is 0 Å². The molecule has 57 heavy (non-hydrogen) atoms. The molecule has 2 aliphatic rings. The fraction of sp³-hybridized carbons (Fsp3) is 0.727. The normalized spacial score (nSPS) is 16.6. The number of rotatable bonds is 10. The van der Waals surface area contributed by atoms with Crippen molar-refractivity contribution in [1.82, 2.24) is 7.79 Å². The molecular weight excluding hydrogens is 988 g/mol. The van der Waals surface area contributed by atoms with Crippen LogP contribution in [-0.4, -0.2) is 113 Å². The van der Waals surface area contributed by atoms with Crippen LogP contribution in [0.1, 0.15) is 83.1 Å². The molecule has 0 unspecified atom stereocenters. The Bertz CT molecular complexity index is 1370. The topological polar surface area (TPSA) is 19.4 Å². The molecule has 6 nitrogen and oxygen atoms in total. The minimum atomic E-state index is -1.50. The largest absolute Gasteiger partial charge is 0.385 e. The molecule has 0 amide bonds. The molecule has 2 aromatic rings. The minimum Gasteiger partial charge on any atom is -0.366 e. The Morgan fingerprint density at radius 2 is 0.526 bits per heavy atom. The van der Waals surface area contributed by atoms with Gasteiger partial charge < -0.3 is 26.1 Å². The van der Waals surface area contributed by atoms with Gasteiger partial charge in [-0.2, -0.15) is 0 Å². The molecule has 322 valence electrons. The minimum absolute atomic E-state index is 0. The Balaban J connectivity index is 0.000000387. The summed E-state index contributed by atoms with van der Waals surface area (Å²) in [7, 11) is -8.10. The summed E-state index contributed by atoms with van der Waals surface area (Å²) in [5.74, 6) is 0. The molecule has 0 N–H and O–H groups in total. The second-order valence-corrected chi connectivity index (χ2v) is 51.6. The van der Waals surface area contributed by atoms with Crippen molar-refractivity contribution < 1.29 is 0 Å². The Hall–Kier alpha value is -0.217. The molecule has 13 heteroatoms. The van der Waals surface area contributed by atoms with Crippen molar-refractivity contribution in [2.75, 3.05) is 44.4 Å². The molecule has 0 atom stereocenters. The summed E-state index contributed by atoms with van der Waals surface area (Å²) >= 11 is 0. The number of nitrogens with zero attached hydrogens (tertiary/aromatic N) is 6. The quantitative estimate of drug-likeness (QED) is 0.219. The van der Waals surface area contributed by atoms with Crippen LogP contribution >= 0.6 is 0 Å². The Kier molecular flexibility index (Phi) is 16.9. The maximum atomic E-state index is 3.09. The third-order valence-electron chi connectivity index (χ3n) is 9.51. The van der Waals surface area contributed by atoms with E-state index < -0.39 is 51.5 Å². The molecule has 2 aliphatic heterocycles. The summed E-state index contributed by atoms with van der Waals surface area (Å²) in [6.07, 6.45) is 0. The summed E-state index contributed by atoms with van der Waals surface area (Å²) in [4.78, 5) is 0. The maximum Gasteiger partial charge on any atom is 0.385 e. The van der Waals surface area contributed by atoms with E-state index in [1.54, 1.807) is 0 Å². The van der Waals surface area contributed by atoms with E-state index in [9.17, 15) is 0 Å². The van der Waals surface area contributed by atoms with E-state index in [4.69, 9.17) is 0 Å². The van der Waals surface area contributed by atoms with Crippen molar-refractivity contribution in [3.8, 4) is 0 Å². The zero-order valence-electron chi connectivity index (χ0n) is 41.6. The second-order valence-electron chi connectivity index (χ2n) is 25.5. The van der Waals surface area contributed by atoms with E-state index in [2.05, 4.69) is 236 Å². The van der Waals surface area contributed by atoms with Gasteiger partial charge in [-0.15, -0.1) is 0 Å². The van der Waals surface area contributed by atoms with Crippen LogP contribution < -0.4 is 18.3 Å². The molecule has 0 bridgehead atoms. The van der Waals surface area contributed by atoms with E-state index >= 15 is 0 Å². The van der Waals surface area contributed by atoms with Gasteiger partial charge in [-0.25, -0.2) is 0 Å². The summed E-state index contributed by atoms with van der Waals surface area (Å²) in [6, 6.07) is 18.3. The third kappa shape index (κ3) is 14.4. The van der Waals surface area contributed by atoms with Gasteiger partial charge in [0.2, 0.25) is 0 Å². The van der Waals surface area contributed by atoms with Gasteiger partial charge in [0, 0.05) is 53.5 Å². The van der Waals surface area contributed by atoms with Crippen molar-refractivity contribution in [2.24, 2.45) is 21.7 Å². The molecule has 0 aliphatic carbocycles. The van der Waals surface area contributed by atoms with Crippen molar-refractivity contribution in [3.63, 3.8) is 0 Å². The first-order chi connectivity index (χ1) is 24.8. The van der Waals surface area contributed by atoms with Crippen LogP contribution in [0.15, 0.2) is 48.5 Å². The fourth-order valence-electron chi connectivity index (χ4n) is 8.78. The third-order valence-corrected chi connectivity index (χ3v) is 37.7. The van der Waals surface area contributed by atoms with Gasteiger partial charge in [0.05, 0.1) is 22.7 Å². The van der Waals surface area contributed by atoms with Gasteiger partial charge in [0.25, 0.3) is 0 Å². The molecule has 0 saturated carbocycles. The molecular formula is C44H88N6PbSi6. The number of hydrogen-bond donors (Lipinski definition) is 0. The Morgan fingerprint density at radius 1 is 0.368 bits per heavy atom. The van der Waals surface area contributed by atoms with Gasteiger partial charge in [-0.05, 0) is 45.9 Å². The zero-order valence-corrected chi connectivity index (χ0v) is 51.5. The molecule has 2 aromatic carbocycles. The van der Waals surface area contributed by atoms with E-state index in [-0.39, 0.29) is 49.0 Å². The first-order valence-electron chi connectivity index (χ1n) is 21.5. The number of fused-ring (bicyclic) bond motifs is 2. The van der Waals surface area contributed by atoms with Gasteiger partial charge in [-0.1, -0.05) is 186 Å². The van der Waals surface area contributed by atoms with Crippen LogP contribution in [0.3, 0.4) is 0 Å². The zero-order chi connectivity index (χ0) is 43.4. The van der Waals surface area contributed by atoms with Crippen molar-refractivity contribution in [1.29, 1.82) is 0 Å². The Labute approximate surface area is 382 Å². The number of para-hydroxylation sites is 4. The predicted octanol–water partition coefficient (Wildman–Crippen LogP) is 12.3. The monoisotopic (exact) mass is 1080 g/mol. The molecule has 0 saturated heterocycles. The maximum absolute atomic E-state index is 3.09. The van der Waals surface area contributed by atoms with Crippen LogP contribution in [0.5, 0.6) is 0 Å². The van der Waals surface area contributed by atoms with Crippen LogP contribution in [-0.2, 0) is 0 Å². The van der Waals surface area contributed by atoms with E-state index in [1.165, 1.54) is 22.7 Å². The van der Waals surface area contributed by atoms with Gasteiger partial charge >= 0.3 is 18.6 Å². The smallest absolute Gasteiger partial charge is 0.366 e. The van der Waals surface area contributed by atoms with Crippen molar-refractivity contribution in [3.05, 3.63) is 48.5 Å². The average Bonchev–Trinajstić information content (AvgIpc) is 3.35. The van der Waals surface area contributed by atoms with Crippen molar-refractivity contribution in [2.45, 2.75) is 162 Å². The number of anilines is 4. The first kappa shape index (κ1) is 52.9. The standard InChI is InChI=1S/2C22H44N3Si3.Pb/c2*1-21(2,3)17-23-19-15-13-14-16-20(19)24(18-22(4,5)6)26(23)25(27(7,8)9)28(10,11)12;/h2*13-16H,17-18H2,1-12H3;. The summed E-state index contributed by atoms with van der Waals surface area (Å²) in [5.41, 5.74) is 6.90. The molecule has 2 heterocycles. The van der Waals surface area contributed by atoms with E-state index in [0.29, 0.717) is 0 Å². The molecule has 0 spiro atoms. The van der Waals surface area contributed by atoms with Crippen LogP contribution in [0, 0.1) is 21.7 Å². The molecule has 0 aromatic heterocycles. The molecule has 6 radical (unpaired) electrons. The SMILES string of the molecule is CC(C)(C)CN1c2ccccc2N(CC(C)(C)C)[Si]1N([Si](C)(C)C)[Si](C)(C)C.CC(C)(C)CN1c2ccccc2N(CC(C)(C)C)[Si]1N([Si](C)(C)C)[Si](C)(C)C.[Pb]. The summed E-state index contributed by atoms with van der Waals surface area (Å²) in [6.45, 7) is 63.7.